The summed E-state index contributed by atoms with van der Waals surface area (Å²) in [7, 11) is 0. The van der Waals surface area contributed by atoms with Gasteiger partial charge in [0.05, 0.1) is 0 Å². The fourth-order valence-electron chi connectivity index (χ4n) is 2.36. The Hall–Kier alpha value is -2.54. The number of para-hydroxylation sites is 1. The van der Waals surface area contributed by atoms with E-state index >= 15 is 0 Å². The Morgan fingerprint density at radius 2 is 1.43 bits per heavy atom. The van der Waals surface area contributed by atoms with E-state index < -0.39 is 0 Å². The molecule has 0 fully saturated rings. The van der Waals surface area contributed by atoms with E-state index in [1.807, 2.05) is 58.0 Å². The Kier molecular flexibility index (Phi) is 7.62. The van der Waals surface area contributed by atoms with Gasteiger partial charge in [-0.15, -0.1) is 0 Å². The second-order valence-electron chi connectivity index (χ2n) is 4.34. The molecule has 3 aromatic rings. The molecule has 0 unspecified atom stereocenters. The number of furan rings is 1. The molecular formula is C22H26O. The van der Waals surface area contributed by atoms with E-state index in [-0.39, 0.29) is 0 Å². The van der Waals surface area contributed by atoms with Crippen LogP contribution in [-0.2, 0) is 0 Å². The zero-order valence-corrected chi connectivity index (χ0v) is 14.6. The Morgan fingerprint density at radius 1 is 0.783 bits per heavy atom. The fourth-order valence-corrected chi connectivity index (χ4v) is 2.36. The number of rotatable bonds is 3. The lowest BCUT2D eigenvalue weighted by molar-refractivity contribution is 0.604. The van der Waals surface area contributed by atoms with Gasteiger partial charge in [0, 0.05) is 16.5 Å². The highest BCUT2D eigenvalue weighted by Gasteiger charge is 2.13. The first-order valence-electron chi connectivity index (χ1n) is 8.21. The summed E-state index contributed by atoms with van der Waals surface area (Å²) in [5.74, 6) is 0.772. The molecule has 1 aromatic heterocycles. The number of hydrogen-bond acceptors (Lipinski definition) is 1. The first kappa shape index (κ1) is 18.5. The molecule has 0 N–H and O–H groups in total. The number of fused-ring (bicyclic) bond motifs is 1. The lowest BCUT2D eigenvalue weighted by atomic mass is 10.0. The first-order chi connectivity index (χ1) is 11.3. The van der Waals surface area contributed by atoms with Gasteiger partial charge >= 0.3 is 0 Å². The average molecular weight is 306 g/mol. The minimum Gasteiger partial charge on any atom is -0.455 e. The molecule has 0 radical (unpaired) electrons. The quantitative estimate of drug-likeness (QED) is 0.490. The topological polar surface area (TPSA) is 13.1 Å². The van der Waals surface area contributed by atoms with Gasteiger partial charge in [-0.3, -0.25) is 0 Å². The maximum atomic E-state index is 5.94. The molecule has 0 aliphatic carbocycles. The highest BCUT2D eigenvalue weighted by Crippen LogP contribution is 2.34. The molecule has 120 valence electrons. The summed E-state index contributed by atoms with van der Waals surface area (Å²) in [5, 5.41) is 1.08. The van der Waals surface area contributed by atoms with Crippen molar-refractivity contribution in [3.8, 4) is 11.1 Å². The summed E-state index contributed by atoms with van der Waals surface area (Å²) in [5.41, 5.74) is 4.13. The van der Waals surface area contributed by atoms with Crippen LogP contribution in [0.15, 0.2) is 66.1 Å². The van der Waals surface area contributed by atoms with Crippen LogP contribution in [0.3, 0.4) is 0 Å². The predicted octanol–water partition coefficient (Wildman–Crippen LogP) is 7.44. The molecule has 0 saturated carbocycles. The van der Waals surface area contributed by atoms with E-state index in [1.165, 1.54) is 0 Å². The molecule has 0 bridgehead atoms. The Balaban J connectivity index is 0.000000615. The standard InChI is InChI=1S/C18H14O.2C2H6/c1-3-14-16-12-8-11-15(13-9-6-5-7-10-13)18(16)19-17(14)4-2;2*1-2/h3-12H,1-2H2;2*1-2H3. The normalized spacial score (nSPS) is 9.22. The van der Waals surface area contributed by atoms with Crippen molar-refractivity contribution in [3.05, 3.63) is 73.0 Å². The van der Waals surface area contributed by atoms with Crippen LogP contribution in [0, 0.1) is 0 Å². The third-order valence-corrected chi connectivity index (χ3v) is 3.26. The van der Waals surface area contributed by atoms with Crippen LogP contribution in [0.25, 0.3) is 34.2 Å². The van der Waals surface area contributed by atoms with Crippen LogP contribution in [0.4, 0.5) is 0 Å². The van der Waals surface area contributed by atoms with Crippen molar-refractivity contribution in [2.45, 2.75) is 27.7 Å². The van der Waals surface area contributed by atoms with Crippen molar-refractivity contribution in [2.24, 2.45) is 0 Å². The molecule has 1 heteroatoms. The first-order valence-corrected chi connectivity index (χ1v) is 8.21. The van der Waals surface area contributed by atoms with Crippen LogP contribution in [-0.4, -0.2) is 0 Å². The molecular weight excluding hydrogens is 280 g/mol. The van der Waals surface area contributed by atoms with Gasteiger partial charge in [-0.1, -0.05) is 95.5 Å². The van der Waals surface area contributed by atoms with Gasteiger partial charge in [0.2, 0.25) is 0 Å². The van der Waals surface area contributed by atoms with E-state index in [4.69, 9.17) is 4.42 Å². The van der Waals surface area contributed by atoms with Crippen molar-refractivity contribution in [1.82, 2.24) is 0 Å². The van der Waals surface area contributed by atoms with Crippen LogP contribution >= 0.6 is 0 Å². The zero-order valence-electron chi connectivity index (χ0n) is 14.6. The van der Waals surface area contributed by atoms with Gasteiger partial charge in [-0.05, 0) is 11.6 Å². The Bertz CT molecular complexity index is 748. The predicted molar refractivity (Wildman–Crippen MR) is 105 cm³/mol. The summed E-state index contributed by atoms with van der Waals surface area (Å²) in [4.78, 5) is 0. The Morgan fingerprint density at radius 3 is 2.00 bits per heavy atom. The molecule has 0 spiro atoms. The fraction of sp³-hybridized carbons (Fsp3) is 0.182. The average Bonchev–Trinajstić information content (AvgIpc) is 3.03. The molecule has 3 rings (SSSR count). The molecule has 1 heterocycles. The summed E-state index contributed by atoms with van der Waals surface area (Å²) in [6, 6.07) is 16.4. The van der Waals surface area contributed by atoms with E-state index in [0.29, 0.717) is 0 Å². The Labute approximate surface area is 140 Å². The van der Waals surface area contributed by atoms with Crippen molar-refractivity contribution >= 4 is 23.1 Å². The minimum absolute atomic E-state index is 0.772. The van der Waals surface area contributed by atoms with Gasteiger partial charge in [-0.2, -0.15) is 0 Å². The van der Waals surface area contributed by atoms with Gasteiger partial charge in [0.25, 0.3) is 0 Å². The monoisotopic (exact) mass is 306 g/mol. The highest BCUT2D eigenvalue weighted by molar-refractivity contribution is 5.99. The van der Waals surface area contributed by atoms with E-state index in [1.54, 1.807) is 6.08 Å². The van der Waals surface area contributed by atoms with Gasteiger partial charge < -0.3 is 4.42 Å². The van der Waals surface area contributed by atoms with E-state index in [9.17, 15) is 0 Å². The number of benzene rings is 2. The SMILES string of the molecule is C=Cc1oc2c(-c3ccccc3)cccc2c1C=C.CC.CC. The molecule has 23 heavy (non-hydrogen) atoms. The second kappa shape index (κ2) is 9.47. The third kappa shape index (κ3) is 3.81. The maximum absolute atomic E-state index is 5.94. The third-order valence-electron chi connectivity index (χ3n) is 3.26. The van der Waals surface area contributed by atoms with Gasteiger partial charge in [-0.25, -0.2) is 0 Å². The molecule has 2 aromatic carbocycles. The van der Waals surface area contributed by atoms with Crippen molar-refractivity contribution in [1.29, 1.82) is 0 Å². The zero-order chi connectivity index (χ0) is 17.2. The summed E-state index contributed by atoms with van der Waals surface area (Å²) < 4.78 is 5.94. The van der Waals surface area contributed by atoms with E-state index in [0.717, 1.165) is 33.4 Å². The van der Waals surface area contributed by atoms with Gasteiger partial charge in [0.1, 0.15) is 11.3 Å². The smallest absolute Gasteiger partial charge is 0.143 e. The van der Waals surface area contributed by atoms with E-state index in [2.05, 4.69) is 37.4 Å². The lowest BCUT2D eigenvalue weighted by Gasteiger charge is -2.01. The summed E-state index contributed by atoms with van der Waals surface area (Å²) >= 11 is 0. The number of hydrogen-bond donors (Lipinski definition) is 0. The maximum Gasteiger partial charge on any atom is 0.143 e. The molecule has 0 aliphatic heterocycles. The van der Waals surface area contributed by atoms with Crippen molar-refractivity contribution < 1.29 is 4.42 Å². The largest absolute Gasteiger partial charge is 0.455 e. The molecule has 1 nitrogen and oxygen atoms in total. The van der Waals surface area contributed by atoms with Crippen molar-refractivity contribution in [3.63, 3.8) is 0 Å². The highest BCUT2D eigenvalue weighted by atomic mass is 16.3. The van der Waals surface area contributed by atoms with Crippen LogP contribution < -0.4 is 0 Å². The van der Waals surface area contributed by atoms with Crippen LogP contribution in [0.2, 0.25) is 0 Å². The lowest BCUT2D eigenvalue weighted by Crippen LogP contribution is -1.78. The molecule has 0 aliphatic rings. The summed E-state index contributed by atoms with van der Waals surface area (Å²) in [6.07, 6.45) is 3.55. The molecule has 0 amide bonds. The van der Waals surface area contributed by atoms with Gasteiger partial charge in [0.15, 0.2) is 0 Å². The summed E-state index contributed by atoms with van der Waals surface area (Å²) in [6.45, 7) is 15.7. The molecule has 0 atom stereocenters. The minimum atomic E-state index is 0.772. The van der Waals surface area contributed by atoms with Crippen LogP contribution in [0.5, 0.6) is 0 Å². The second-order valence-corrected chi connectivity index (χ2v) is 4.34. The van der Waals surface area contributed by atoms with Crippen molar-refractivity contribution in [2.75, 3.05) is 0 Å². The van der Waals surface area contributed by atoms with Crippen LogP contribution in [0.1, 0.15) is 39.0 Å². The molecule has 0 saturated heterocycles.